The third kappa shape index (κ3) is 7.84. The van der Waals surface area contributed by atoms with E-state index < -0.39 is 6.04 Å². The molecule has 0 saturated carbocycles. The van der Waals surface area contributed by atoms with E-state index in [4.69, 9.17) is 23.2 Å². The summed E-state index contributed by atoms with van der Waals surface area (Å²) in [5, 5.41) is 3.99. The molecule has 0 aromatic heterocycles. The zero-order chi connectivity index (χ0) is 25.4. The summed E-state index contributed by atoms with van der Waals surface area (Å²) in [6.07, 6.45) is 0.487. The Bertz CT molecular complexity index is 1150. The normalized spacial score (nSPS) is 11.8. The van der Waals surface area contributed by atoms with E-state index in [-0.39, 0.29) is 18.2 Å². The molecule has 1 N–H and O–H groups in total. The van der Waals surface area contributed by atoms with Crippen molar-refractivity contribution < 1.29 is 9.59 Å². The molecule has 2 amide bonds. The summed E-state index contributed by atoms with van der Waals surface area (Å²) < 4.78 is 0. The van der Waals surface area contributed by atoms with Crippen molar-refractivity contribution in [3.8, 4) is 0 Å². The Balaban J connectivity index is 1.99. The molecule has 4 nitrogen and oxygen atoms in total. The lowest BCUT2D eigenvalue weighted by atomic mass is 10.00. The van der Waals surface area contributed by atoms with Gasteiger partial charge in [0.2, 0.25) is 11.8 Å². The number of nitrogens with one attached hydrogen (secondary N) is 1. The Morgan fingerprint density at radius 2 is 1.60 bits per heavy atom. The van der Waals surface area contributed by atoms with E-state index in [1.807, 2.05) is 75.4 Å². The molecule has 3 aromatic rings. The first-order chi connectivity index (χ1) is 16.7. The van der Waals surface area contributed by atoms with Gasteiger partial charge in [0.1, 0.15) is 6.04 Å². The van der Waals surface area contributed by atoms with Crippen molar-refractivity contribution in [3.63, 3.8) is 0 Å². The highest BCUT2D eigenvalue weighted by atomic mass is 35.5. The van der Waals surface area contributed by atoms with Crippen LogP contribution in [-0.4, -0.2) is 29.3 Å². The molecule has 0 fully saturated rings. The summed E-state index contributed by atoms with van der Waals surface area (Å²) in [5.74, 6) is -0.0329. The predicted octanol–water partition coefficient (Wildman–Crippen LogP) is 6.26. The maximum atomic E-state index is 13.8. The van der Waals surface area contributed by atoms with Gasteiger partial charge in [-0.1, -0.05) is 97.7 Å². The molecular weight excluding hydrogens is 479 g/mol. The van der Waals surface area contributed by atoms with E-state index in [0.717, 1.165) is 16.7 Å². The summed E-state index contributed by atoms with van der Waals surface area (Å²) in [6, 6.07) is 22.2. The maximum Gasteiger partial charge on any atom is 0.243 e. The average molecular weight is 511 g/mol. The van der Waals surface area contributed by atoms with Gasteiger partial charge in [-0.25, -0.2) is 0 Å². The van der Waals surface area contributed by atoms with E-state index in [0.29, 0.717) is 41.0 Å². The van der Waals surface area contributed by atoms with Gasteiger partial charge in [-0.15, -0.1) is 0 Å². The smallest absolute Gasteiger partial charge is 0.243 e. The fourth-order valence-electron chi connectivity index (χ4n) is 3.88. The van der Waals surface area contributed by atoms with E-state index in [1.54, 1.807) is 23.1 Å². The van der Waals surface area contributed by atoms with Gasteiger partial charge < -0.3 is 10.2 Å². The average Bonchev–Trinajstić information content (AvgIpc) is 2.83. The highest BCUT2D eigenvalue weighted by molar-refractivity contribution is 6.35. The van der Waals surface area contributed by atoms with Gasteiger partial charge in [-0.05, 0) is 47.2 Å². The molecular formula is C29H32Cl2N2O2. The van der Waals surface area contributed by atoms with Gasteiger partial charge in [0.25, 0.3) is 0 Å². The molecule has 0 radical (unpaired) electrons. The Hall–Kier alpha value is -2.82. The molecule has 6 heteroatoms. The highest BCUT2D eigenvalue weighted by Gasteiger charge is 2.31. The zero-order valence-electron chi connectivity index (χ0n) is 20.4. The number of rotatable bonds is 10. The van der Waals surface area contributed by atoms with Crippen molar-refractivity contribution in [2.45, 2.75) is 46.2 Å². The Morgan fingerprint density at radius 1 is 0.914 bits per heavy atom. The lowest BCUT2D eigenvalue weighted by Gasteiger charge is -2.32. The standard InChI is InChI=1S/C29H32Cl2N2O2/c1-20(2)18-32-29(35)27(15-22-10-5-4-6-11-22)33(19-24-12-8-7-9-21(24)3)28(34)16-23-13-14-25(30)17-26(23)31/h4-14,17,20,27H,15-16,18-19H2,1-3H3,(H,32,35)/t27-/m0/s1. The molecule has 3 rings (SSSR count). The minimum atomic E-state index is -0.672. The second-order valence-corrected chi connectivity index (χ2v) is 10.0. The first-order valence-corrected chi connectivity index (χ1v) is 12.6. The molecule has 0 unspecified atom stereocenters. The lowest BCUT2D eigenvalue weighted by molar-refractivity contribution is -0.140. The molecule has 0 heterocycles. The number of hydrogen-bond donors (Lipinski definition) is 1. The molecule has 0 saturated heterocycles. The van der Waals surface area contributed by atoms with Crippen LogP contribution in [0, 0.1) is 12.8 Å². The van der Waals surface area contributed by atoms with E-state index in [2.05, 4.69) is 5.32 Å². The van der Waals surface area contributed by atoms with Gasteiger partial charge >= 0.3 is 0 Å². The summed E-state index contributed by atoms with van der Waals surface area (Å²) in [5.41, 5.74) is 3.73. The van der Waals surface area contributed by atoms with Crippen LogP contribution < -0.4 is 5.32 Å². The molecule has 0 spiro atoms. The van der Waals surface area contributed by atoms with Gasteiger partial charge in [0.05, 0.1) is 6.42 Å². The van der Waals surface area contributed by atoms with Crippen molar-refractivity contribution in [1.29, 1.82) is 0 Å². The number of hydrogen-bond acceptors (Lipinski definition) is 2. The molecule has 35 heavy (non-hydrogen) atoms. The summed E-state index contributed by atoms with van der Waals surface area (Å²) in [6.45, 7) is 6.97. The van der Waals surface area contributed by atoms with Crippen LogP contribution in [0.2, 0.25) is 10.0 Å². The van der Waals surface area contributed by atoms with Crippen molar-refractivity contribution in [1.82, 2.24) is 10.2 Å². The summed E-state index contributed by atoms with van der Waals surface area (Å²) >= 11 is 12.4. The number of amides is 2. The monoisotopic (exact) mass is 510 g/mol. The number of benzene rings is 3. The van der Waals surface area contributed by atoms with Crippen LogP contribution in [-0.2, 0) is 29.0 Å². The van der Waals surface area contributed by atoms with E-state index in [1.165, 1.54) is 0 Å². The fraction of sp³-hybridized carbons (Fsp3) is 0.310. The second-order valence-electron chi connectivity index (χ2n) is 9.21. The number of carbonyl (C=O) groups excluding carboxylic acids is 2. The van der Waals surface area contributed by atoms with Crippen molar-refractivity contribution in [2.75, 3.05) is 6.54 Å². The van der Waals surface area contributed by atoms with E-state index in [9.17, 15) is 9.59 Å². The third-order valence-corrected chi connectivity index (χ3v) is 6.50. The van der Waals surface area contributed by atoms with Crippen molar-refractivity contribution in [3.05, 3.63) is 105 Å². The van der Waals surface area contributed by atoms with Crippen LogP contribution in [0.3, 0.4) is 0 Å². The topological polar surface area (TPSA) is 49.4 Å². The lowest BCUT2D eigenvalue weighted by Crippen LogP contribution is -2.51. The minimum absolute atomic E-state index is 0.0740. The number of aryl methyl sites for hydroxylation is 1. The molecule has 0 aliphatic heterocycles. The highest BCUT2D eigenvalue weighted by Crippen LogP contribution is 2.24. The SMILES string of the molecule is Cc1ccccc1CN(C(=O)Cc1ccc(Cl)cc1Cl)[C@@H](Cc1ccccc1)C(=O)NCC(C)C. The van der Waals surface area contributed by atoms with E-state index >= 15 is 0 Å². The van der Waals surface area contributed by atoms with Gasteiger partial charge in [-0.3, -0.25) is 9.59 Å². The molecule has 0 aliphatic carbocycles. The quantitative estimate of drug-likeness (QED) is 0.350. The molecule has 0 aliphatic rings. The second kappa shape index (κ2) is 12.8. The van der Waals surface area contributed by atoms with Gasteiger partial charge in [0.15, 0.2) is 0 Å². The Morgan fingerprint density at radius 3 is 2.26 bits per heavy atom. The first kappa shape index (κ1) is 26.8. The minimum Gasteiger partial charge on any atom is -0.354 e. The number of carbonyl (C=O) groups is 2. The van der Waals surface area contributed by atoms with Crippen LogP contribution in [0.1, 0.15) is 36.1 Å². The summed E-state index contributed by atoms with van der Waals surface area (Å²) in [4.78, 5) is 29.0. The first-order valence-electron chi connectivity index (χ1n) is 11.8. The fourth-order valence-corrected chi connectivity index (χ4v) is 4.35. The molecule has 184 valence electrons. The third-order valence-electron chi connectivity index (χ3n) is 5.91. The maximum absolute atomic E-state index is 13.8. The predicted molar refractivity (Wildman–Crippen MR) is 144 cm³/mol. The number of nitrogens with zero attached hydrogens (tertiary/aromatic N) is 1. The van der Waals surface area contributed by atoms with Gasteiger partial charge in [-0.2, -0.15) is 0 Å². The van der Waals surface area contributed by atoms with Crippen LogP contribution in [0.25, 0.3) is 0 Å². The Labute approximate surface area is 218 Å². The molecule has 3 aromatic carbocycles. The largest absolute Gasteiger partial charge is 0.354 e. The van der Waals surface area contributed by atoms with Crippen LogP contribution >= 0.6 is 23.2 Å². The Kier molecular flexibility index (Phi) is 9.76. The molecule has 1 atom stereocenters. The van der Waals surface area contributed by atoms with Crippen molar-refractivity contribution >= 4 is 35.0 Å². The number of halogens is 2. The molecule has 0 bridgehead atoms. The van der Waals surface area contributed by atoms with Crippen LogP contribution in [0.15, 0.2) is 72.8 Å². The zero-order valence-corrected chi connectivity index (χ0v) is 21.9. The van der Waals surface area contributed by atoms with Crippen molar-refractivity contribution in [2.24, 2.45) is 5.92 Å². The van der Waals surface area contributed by atoms with Gasteiger partial charge in [0, 0.05) is 29.6 Å². The van der Waals surface area contributed by atoms with Crippen LogP contribution in [0.4, 0.5) is 0 Å². The van der Waals surface area contributed by atoms with Crippen LogP contribution in [0.5, 0.6) is 0 Å². The summed E-state index contributed by atoms with van der Waals surface area (Å²) in [7, 11) is 0.